The first-order valence-electron chi connectivity index (χ1n) is 5.33. The molecule has 0 aliphatic heterocycles. The summed E-state index contributed by atoms with van der Waals surface area (Å²) in [5, 5.41) is 17.7. The molecule has 1 rings (SSSR count). The number of ether oxygens (including phenoxy) is 1. The van der Waals surface area contributed by atoms with E-state index in [1.165, 1.54) is 0 Å². The molecule has 0 amide bonds. The van der Waals surface area contributed by atoms with E-state index in [0.29, 0.717) is 6.42 Å². The van der Waals surface area contributed by atoms with Crippen LogP contribution in [0.2, 0.25) is 0 Å². The fourth-order valence-electron chi connectivity index (χ4n) is 1.38. The van der Waals surface area contributed by atoms with Gasteiger partial charge in [0.05, 0.1) is 17.7 Å². The van der Waals surface area contributed by atoms with Crippen molar-refractivity contribution in [2.24, 2.45) is 0 Å². The number of rotatable bonds is 6. The lowest BCUT2D eigenvalue weighted by Crippen LogP contribution is -2.10. The third kappa shape index (κ3) is 3.27. The van der Waals surface area contributed by atoms with Crippen LogP contribution in [0.15, 0.2) is 18.2 Å². The number of hydrogen-bond acceptors (Lipinski definition) is 3. The Kier molecular flexibility index (Phi) is 4.79. The van der Waals surface area contributed by atoms with Crippen molar-refractivity contribution in [3.8, 4) is 0 Å². The molecule has 1 unspecified atom stereocenters. The molecule has 0 bridgehead atoms. The number of aromatic carboxylic acids is 2. The third-order valence-corrected chi connectivity index (χ3v) is 2.24. The Bertz CT molecular complexity index is 458. The Morgan fingerprint density at radius 3 is 2.50 bits per heavy atom. The molecule has 2 N–H and O–H groups in total. The summed E-state index contributed by atoms with van der Waals surface area (Å²) in [5.41, 5.74) is -0.793. The average Bonchev–Trinajstić information content (AvgIpc) is 2.34. The fraction of sp³-hybridized carbons (Fsp3) is 0.333. The van der Waals surface area contributed by atoms with Crippen molar-refractivity contribution < 1.29 is 28.9 Å². The van der Waals surface area contributed by atoms with Crippen LogP contribution in [0, 0.1) is 0 Å². The first-order valence-corrected chi connectivity index (χ1v) is 5.33. The molecule has 0 spiro atoms. The zero-order chi connectivity index (χ0) is 13.7. The summed E-state index contributed by atoms with van der Waals surface area (Å²) >= 11 is 0. The number of carboxylic acid groups (broad SMARTS) is 2. The number of hydrogen-bond donors (Lipinski definition) is 2. The van der Waals surface area contributed by atoms with Gasteiger partial charge in [0.1, 0.15) is 0 Å². The molecule has 0 aliphatic rings. The van der Waals surface area contributed by atoms with Crippen LogP contribution in [-0.4, -0.2) is 28.8 Å². The normalized spacial score (nSPS) is 12.1. The fourth-order valence-corrected chi connectivity index (χ4v) is 1.38. The largest absolute Gasteiger partial charge is 0.478 e. The summed E-state index contributed by atoms with van der Waals surface area (Å²) in [6.45, 7) is 1.94. The standard InChI is InChI=1S/C12H13FO5/c1-2-5-18-10(13)8-4-3-7(11(14)15)6-9(8)12(16)17/h3-4,6,10H,2,5H2,1H3,(H,14,15)(H,16,17). The Balaban J connectivity index is 3.11. The van der Waals surface area contributed by atoms with Crippen LogP contribution in [0.4, 0.5) is 4.39 Å². The van der Waals surface area contributed by atoms with Gasteiger partial charge in [0.15, 0.2) is 0 Å². The zero-order valence-electron chi connectivity index (χ0n) is 9.72. The lowest BCUT2D eigenvalue weighted by Gasteiger charge is -2.12. The third-order valence-electron chi connectivity index (χ3n) is 2.24. The van der Waals surface area contributed by atoms with Gasteiger partial charge in [0.2, 0.25) is 6.36 Å². The summed E-state index contributed by atoms with van der Waals surface area (Å²) in [5.74, 6) is -2.66. The molecule has 1 aromatic carbocycles. The van der Waals surface area contributed by atoms with Crippen molar-refractivity contribution in [2.75, 3.05) is 6.61 Å². The minimum absolute atomic E-state index is 0.154. The molecule has 0 saturated carbocycles. The SMILES string of the molecule is CCCOC(F)c1ccc(C(=O)O)cc1C(=O)O. The first kappa shape index (κ1) is 14.1. The second kappa shape index (κ2) is 6.11. The van der Waals surface area contributed by atoms with Crippen LogP contribution in [0.5, 0.6) is 0 Å². The van der Waals surface area contributed by atoms with Gasteiger partial charge >= 0.3 is 11.9 Å². The molecule has 98 valence electrons. The number of benzene rings is 1. The second-order valence-electron chi connectivity index (χ2n) is 3.60. The van der Waals surface area contributed by atoms with Gasteiger partial charge in [0, 0.05) is 5.56 Å². The van der Waals surface area contributed by atoms with Gasteiger partial charge in [0.25, 0.3) is 0 Å². The van der Waals surface area contributed by atoms with Gasteiger partial charge < -0.3 is 14.9 Å². The van der Waals surface area contributed by atoms with Crippen molar-refractivity contribution in [3.63, 3.8) is 0 Å². The molecule has 0 fully saturated rings. The van der Waals surface area contributed by atoms with Crippen molar-refractivity contribution in [2.45, 2.75) is 19.7 Å². The molecule has 18 heavy (non-hydrogen) atoms. The van der Waals surface area contributed by atoms with E-state index in [9.17, 15) is 14.0 Å². The summed E-state index contributed by atoms with van der Waals surface area (Å²) in [6, 6.07) is 3.18. The predicted molar refractivity (Wildman–Crippen MR) is 60.5 cm³/mol. The molecule has 1 atom stereocenters. The smallest absolute Gasteiger partial charge is 0.336 e. The topological polar surface area (TPSA) is 83.8 Å². The monoisotopic (exact) mass is 256 g/mol. The van der Waals surface area contributed by atoms with Crippen LogP contribution >= 0.6 is 0 Å². The molecular weight excluding hydrogens is 243 g/mol. The maximum atomic E-state index is 13.6. The van der Waals surface area contributed by atoms with Crippen molar-refractivity contribution >= 4 is 11.9 Å². The molecule has 6 heteroatoms. The van der Waals surface area contributed by atoms with Crippen molar-refractivity contribution in [1.29, 1.82) is 0 Å². The molecule has 0 heterocycles. The van der Waals surface area contributed by atoms with E-state index < -0.39 is 23.9 Å². The van der Waals surface area contributed by atoms with Gasteiger partial charge in [-0.05, 0) is 18.6 Å². The van der Waals surface area contributed by atoms with Gasteiger partial charge in [-0.2, -0.15) is 0 Å². The van der Waals surface area contributed by atoms with Crippen LogP contribution in [0.3, 0.4) is 0 Å². The molecule has 0 aliphatic carbocycles. The Morgan fingerprint density at radius 2 is 2.00 bits per heavy atom. The van der Waals surface area contributed by atoms with Crippen LogP contribution in [-0.2, 0) is 4.74 Å². The lowest BCUT2D eigenvalue weighted by atomic mass is 10.0. The Hall–Kier alpha value is -1.95. The quantitative estimate of drug-likeness (QED) is 0.816. The molecule has 0 radical (unpaired) electrons. The summed E-state index contributed by atoms with van der Waals surface area (Å²) < 4.78 is 18.4. The summed E-state index contributed by atoms with van der Waals surface area (Å²) in [4.78, 5) is 21.7. The van der Waals surface area contributed by atoms with E-state index in [2.05, 4.69) is 0 Å². The molecule has 0 saturated heterocycles. The maximum Gasteiger partial charge on any atom is 0.336 e. The minimum atomic E-state index is -1.88. The number of halogens is 1. The number of carbonyl (C=O) groups is 2. The van der Waals surface area contributed by atoms with Gasteiger partial charge in [-0.15, -0.1) is 0 Å². The number of alkyl halides is 1. The van der Waals surface area contributed by atoms with Crippen LogP contribution < -0.4 is 0 Å². The van der Waals surface area contributed by atoms with E-state index in [0.717, 1.165) is 18.2 Å². The van der Waals surface area contributed by atoms with Gasteiger partial charge in [-0.3, -0.25) is 0 Å². The van der Waals surface area contributed by atoms with Gasteiger partial charge in [-0.25, -0.2) is 14.0 Å². The van der Waals surface area contributed by atoms with Gasteiger partial charge in [-0.1, -0.05) is 13.0 Å². The molecule has 1 aromatic rings. The lowest BCUT2D eigenvalue weighted by molar-refractivity contribution is -0.0412. The Labute approximate surface area is 103 Å². The molecule has 0 aromatic heterocycles. The second-order valence-corrected chi connectivity index (χ2v) is 3.60. The van der Waals surface area contributed by atoms with E-state index in [1.54, 1.807) is 6.92 Å². The van der Waals surface area contributed by atoms with E-state index in [1.807, 2.05) is 0 Å². The van der Waals surface area contributed by atoms with Crippen LogP contribution in [0.1, 0.15) is 46.0 Å². The predicted octanol–water partition coefficient (Wildman–Crippen LogP) is 2.48. The number of carboxylic acids is 2. The average molecular weight is 256 g/mol. The summed E-state index contributed by atoms with van der Waals surface area (Å²) in [7, 11) is 0. The highest BCUT2D eigenvalue weighted by Crippen LogP contribution is 2.24. The van der Waals surface area contributed by atoms with E-state index >= 15 is 0 Å². The maximum absolute atomic E-state index is 13.6. The first-order chi connectivity index (χ1) is 8.47. The summed E-state index contributed by atoms with van der Waals surface area (Å²) in [6.07, 6.45) is -1.28. The molecular formula is C12H13FO5. The molecule has 5 nitrogen and oxygen atoms in total. The van der Waals surface area contributed by atoms with Crippen LogP contribution in [0.25, 0.3) is 0 Å². The van der Waals surface area contributed by atoms with Crippen molar-refractivity contribution in [1.82, 2.24) is 0 Å². The van der Waals surface area contributed by atoms with Crippen molar-refractivity contribution in [3.05, 3.63) is 34.9 Å². The highest BCUT2D eigenvalue weighted by atomic mass is 19.1. The highest BCUT2D eigenvalue weighted by Gasteiger charge is 2.20. The minimum Gasteiger partial charge on any atom is -0.478 e. The van der Waals surface area contributed by atoms with E-state index in [4.69, 9.17) is 14.9 Å². The Morgan fingerprint density at radius 1 is 1.33 bits per heavy atom. The highest BCUT2D eigenvalue weighted by molar-refractivity contribution is 5.94. The van der Waals surface area contributed by atoms with E-state index in [-0.39, 0.29) is 17.7 Å². The zero-order valence-corrected chi connectivity index (χ0v) is 9.72.